The third-order valence-corrected chi connectivity index (χ3v) is 10.8. The van der Waals surface area contributed by atoms with Crippen LogP contribution in [0.3, 0.4) is 0 Å². The second-order valence-corrected chi connectivity index (χ2v) is 17.7. The first-order chi connectivity index (χ1) is 31.4. The van der Waals surface area contributed by atoms with Crippen LogP contribution in [0.1, 0.15) is 207 Å². The molecule has 0 bridgehead atoms. The third-order valence-electron chi connectivity index (χ3n) is 10.8. The molecule has 15 nitrogen and oxygen atoms in total. The lowest BCUT2D eigenvalue weighted by atomic mass is 9.92. The van der Waals surface area contributed by atoms with Gasteiger partial charge in [0.2, 0.25) is 0 Å². The molecule has 0 aliphatic rings. The normalized spacial score (nSPS) is 11.2. The fourth-order valence-electron chi connectivity index (χ4n) is 6.72. The summed E-state index contributed by atoms with van der Waals surface area (Å²) >= 11 is 0. The molecule has 0 aromatic rings. The summed E-state index contributed by atoms with van der Waals surface area (Å²) in [6.45, 7) is 5.15. The second-order valence-electron chi connectivity index (χ2n) is 17.7. The molecule has 0 radical (unpaired) electrons. The van der Waals surface area contributed by atoms with Crippen LogP contribution < -0.4 is 0 Å². The van der Waals surface area contributed by atoms with E-state index in [1.165, 1.54) is 77.0 Å². The number of nitrogens with zero attached hydrogens (tertiary/aromatic N) is 1. The maximum Gasteiger partial charge on any atom is 0.317 e. The Kier molecular flexibility index (Phi) is 40.4. The van der Waals surface area contributed by atoms with Crippen LogP contribution >= 0.6 is 0 Å². The zero-order valence-corrected chi connectivity index (χ0v) is 41.3. The van der Waals surface area contributed by atoms with E-state index in [1.54, 1.807) is 0 Å². The van der Waals surface area contributed by atoms with E-state index in [0.29, 0.717) is 32.2 Å². The van der Waals surface area contributed by atoms with Crippen LogP contribution in [-0.2, 0) is 66.7 Å². The van der Waals surface area contributed by atoms with Gasteiger partial charge in [-0.3, -0.25) is 33.6 Å². The summed E-state index contributed by atoms with van der Waals surface area (Å²) in [6.07, 6.45) is 23.8. The highest BCUT2D eigenvalue weighted by atomic mass is 16.6. The minimum Gasteiger partial charge on any atom is -0.465 e. The molecule has 0 aliphatic heterocycles. The minimum absolute atomic E-state index is 0.0354. The van der Waals surface area contributed by atoms with Crippen molar-refractivity contribution in [3.05, 3.63) is 0 Å². The van der Waals surface area contributed by atoms with Crippen molar-refractivity contribution >= 4 is 41.8 Å². The molecule has 0 heterocycles. The van der Waals surface area contributed by atoms with Crippen LogP contribution in [0.25, 0.3) is 0 Å². The van der Waals surface area contributed by atoms with Gasteiger partial charge in [0.25, 0.3) is 0 Å². The first-order valence-corrected chi connectivity index (χ1v) is 25.1. The number of ether oxygens (including phenoxy) is 7. The Labute approximate surface area is 391 Å². The van der Waals surface area contributed by atoms with E-state index in [1.807, 2.05) is 19.0 Å². The van der Waals surface area contributed by atoms with E-state index < -0.39 is 92.9 Å². The van der Waals surface area contributed by atoms with Crippen LogP contribution in [0.5, 0.6) is 0 Å². The van der Waals surface area contributed by atoms with Crippen molar-refractivity contribution in [3.63, 3.8) is 0 Å². The van der Waals surface area contributed by atoms with Gasteiger partial charge < -0.3 is 38.1 Å². The summed E-state index contributed by atoms with van der Waals surface area (Å²) in [6, 6.07) is 0. The van der Waals surface area contributed by atoms with Gasteiger partial charge in [-0.05, 0) is 46.3 Å². The molecule has 0 fully saturated rings. The van der Waals surface area contributed by atoms with Crippen molar-refractivity contribution in [1.82, 2.24) is 4.90 Å². The van der Waals surface area contributed by atoms with Crippen molar-refractivity contribution in [2.75, 3.05) is 66.9 Å². The quantitative estimate of drug-likeness (QED) is 0.0243. The van der Waals surface area contributed by atoms with Crippen LogP contribution in [-0.4, -0.2) is 114 Å². The summed E-state index contributed by atoms with van der Waals surface area (Å²) in [5, 5.41) is 0. The lowest BCUT2D eigenvalue weighted by Crippen LogP contribution is -2.44. The summed E-state index contributed by atoms with van der Waals surface area (Å²) < 4.78 is 37.7. The summed E-state index contributed by atoms with van der Waals surface area (Å²) in [7, 11) is 3.72. The number of rotatable bonds is 45. The molecule has 15 heteroatoms. The van der Waals surface area contributed by atoms with E-state index >= 15 is 0 Å². The van der Waals surface area contributed by atoms with Gasteiger partial charge in [0.05, 0.1) is 19.8 Å². The third kappa shape index (κ3) is 40.3. The van der Waals surface area contributed by atoms with E-state index in [2.05, 4.69) is 20.8 Å². The van der Waals surface area contributed by atoms with E-state index in [9.17, 15) is 33.6 Å². The first kappa shape index (κ1) is 61.2. The maximum absolute atomic E-state index is 12.9. The molecule has 0 saturated heterocycles. The van der Waals surface area contributed by atoms with Crippen molar-refractivity contribution in [3.8, 4) is 0 Å². The maximum atomic E-state index is 12.9. The lowest BCUT2D eigenvalue weighted by molar-refractivity contribution is -0.172. The molecule has 378 valence electrons. The molecule has 0 saturated carbocycles. The average molecular weight is 928 g/mol. The van der Waals surface area contributed by atoms with Gasteiger partial charge in [0.15, 0.2) is 0 Å². The molecule has 65 heavy (non-hydrogen) atoms. The molecule has 0 spiro atoms. The molecule has 0 aromatic carbocycles. The molecule has 0 aromatic heterocycles. The van der Waals surface area contributed by atoms with Crippen LogP contribution in [0.2, 0.25) is 0 Å². The number of esters is 7. The van der Waals surface area contributed by atoms with Gasteiger partial charge in [0, 0.05) is 6.42 Å². The van der Waals surface area contributed by atoms with Crippen LogP contribution in [0.15, 0.2) is 0 Å². The average Bonchev–Trinajstić information content (AvgIpc) is 3.26. The van der Waals surface area contributed by atoms with Gasteiger partial charge in [-0.25, -0.2) is 0 Å². The number of hydrogen-bond donors (Lipinski definition) is 0. The van der Waals surface area contributed by atoms with E-state index in [-0.39, 0.29) is 26.2 Å². The standard InChI is InChI=1S/C50H89NO14/c1-6-9-12-15-18-21-24-27-33-59-44(53)36-47(56)63-40-50(39-62-43(52)31-30-32-51(4)5,41-64-48(57)37-45(54)60-34-28-25-22-19-16-13-10-7-2)42-65-49(58)38-46(55)61-35-29-26-23-20-17-14-11-8-3/h6-42H2,1-5H3. The Morgan fingerprint density at radius 2 is 0.569 bits per heavy atom. The smallest absolute Gasteiger partial charge is 0.317 e. The van der Waals surface area contributed by atoms with E-state index in [4.69, 9.17) is 33.2 Å². The van der Waals surface area contributed by atoms with Gasteiger partial charge in [-0.15, -0.1) is 0 Å². The summed E-state index contributed by atoms with van der Waals surface area (Å²) in [5.74, 6) is -5.89. The van der Waals surface area contributed by atoms with Crippen molar-refractivity contribution in [2.45, 2.75) is 207 Å². The monoisotopic (exact) mass is 928 g/mol. The predicted molar refractivity (Wildman–Crippen MR) is 249 cm³/mol. The number of unbranched alkanes of at least 4 members (excludes halogenated alkanes) is 21. The van der Waals surface area contributed by atoms with Crippen molar-refractivity contribution in [2.24, 2.45) is 5.41 Å². The molecular formula is C50H89NO14. The van der Waals surface area contributed by atoms with Crippen LogP contribution in [0.4, 0.5) is 0 Å². The first-order valence-electron chi connectivity index (χ1n) is 25.1. The predicted octanol–water partition coefficient (Wildman–Crippen LogP) is 9.71. The Hall–Kier alpha value is -3.75. The molecule has 0 atom stereocenters. The van der Waals surface area contributed by atoms with Gasteiger partial charge in [-0.2, -0.15) is 0 Å². The molecule has 0 aliphatic carbocycles. The van der Waals surface area contributed by atoms with E-state index in [0.717, 1.165) is 57.8 Å². The molecular weight excluding hydrogens is 839 g/mol. The van der Waals surface area contributed by atoms with Gasteiger partial charge in [0.1, 0.15) is 51.1 Å². The van der Waals surface area contributed by atoms with Gasteiger partial charge in [-0.1, -0.05) is 156 Å². The summed E-state index contributed by atoms with van der Waals surface area (Å²) in [5.41, 5.74) is -1.69. The molecule has 0 N–H and O–H groups in total. The van der Waals surface area contributed by atoms with Gasteiger partial charge >= 0.3 is 41.8 Å². The second kappa shape index (κ2) is 42.9. The number of hydrogen-bond acceptors (Lipinski definition) is 15. The highest BCUT2D eigenvalue weighted by Crippen LogP contribution is 2.23. The number of carbonyl (C=O) groups excluding carboxylic acids is 7. The fraction of sp³-hybridized carbons (Fsp3) is 0.860. The van der Waals surface area contributed by atoms with Crippen LogP contribution in [0, 0.1) is 5.41 Å². The zero-order valence-electron chi connectivity index (χ0n) is 41.3. The Morgan fingerprint density at radius 1 is 0.323 bits per heavy atom. The fourth-order valence-corrected chi connectivity index (χ4v) is 6.72. The van der Waals surface area contributed by atoms with Crippen molar-refractivity contribution in [1.29, 1.82) is 0 Å². The highest BCUT2D eigenvalue weighted by Gasteiger charge is 2.38. The Balaban J connectivity index is 5.65. The molecule has 0 rings (SSSR count). The minimum atomic E-state index is -1.69. The zero-order chi connectivity index (χ0) is 48.2. The lowest BCUT2D eigenvalue weighted by Gasteiger charge is -2.31. The van der Waals surface area contributed by atoms with Crippen molar-refractivity contribution < 1.29 is 66.7 Å². The largest absolute Gasteiger partial charge is 0.465 e. The Morgan fingerprint density at radius 3 is 0.846 bits per heavy atom. The molecule has 0 unspecified atom stereocenters. The number of carbonyl (C=O) groups is 7. The molecule has 0 amide bonds. The highest BCUT2D eigenvalue weighted by molar-refractivity contribution is 5.92. The summed E-state index contributed by atoms with van der Waals surface area (Å²) in [4.78, 5) is 91.1. The SMILES string of the molecule is CCCCCCCCCCOC(=O)CC(=O)OCC(COC(=O)CCCN(C)C)(COC(=O)CC(=O)OCCCCCCCCCC)COC(=O)CC(=O)OCCCCCCCCCC. The Bertz CT molecular complexity index is 1150. The topological polar surface area (TPSA) is 187 Å².